The fraction of sp³-hybridized carbons (Fsp3) is 0.550. The summed E-state index contributed by atoms with van der Waals surface area (Å²) in [5, 5.41) is 19.1. The molecule has 3 atom stereocenters. The van der Waals surface area contributed by atoms with Crippen molar-refractivity contribution in [2.24, 2.45) is 17.3 Å². The van der Waals surface area contributed by atoms with Crippen LogP contribution in [-0.4, -0.2) is 41.3 Å². The molecule has 27 heavy (non-hydrogen) atoms. The Morgan fingerprint density at radius 1 is 1.11 bits per heavy atom. The average molecular weight is 378 g/mol. The summed E-state index contributed by atoms with van der Waals surface area (Å²) >= 11 is 0. The molecular weight excluding hydrogens is 352 g/mol. The van der Waals surface area contributed by atoms with Gasteiger partial charge in [0.15, 0.2) is 0 Å². The van der Waals surface area contributed by atoms with E-state index in [4.69, 9.17) is 9.47 Å². The van der Waals surface area contributed by atoms with Gasteiger partial charge in [0.2, 0.25) is 0 Å². The van der Waals surface area contributed by atoms with Crippen LogP contribution in [0.4, 0.5) is 0 Å². The monoisotopic (exact) mass is 378 g/mol. The highest BCUT2D eigenvalue weighted by atomic mass is 16.6. The van der Waals surface area contributed by atoms with Gasteiger partial charge in [0.25, 0.3) is 0 Å². The van der Waals surface area contributed by atoms with E-state index in [1.54, 1.807) is 38.1 Å². The van der Waals surface area contributed by atoms with Crippen LogP contribution in [0.3, 0.4) is 0 Å². The second-order valence-electron chi connectivity index (χ2n) is 7.38. The second-order valence-corrected chi connectivity index (χ2v) is 7.38. The molecular formula is C20H26O7. The summed E-state index contributed by atoms with van der Waals surface area (Å²) in [6.07, 6.45) is -0.141. The van der Waals surface area contributed by atoms with Crippen LogP contribution in [-0.2, 0) is 30.3 Å². The van der Waals surface area contributed by atoms with E-state index in [1.165, 1.54) is 0 Å². The molecule has 1 aromatic carbocycles. The minimum Gasteiger partial charge on any atom is -0.481 e. The Morgan fingerprint density at radius 2 is 1.78 bits per heavy atom. The van der Waals surface area contributed by atoms with E-state index < -0.39 is 35.3 Å². The number of rotatable bonds is 8. The molecule has 0 amide bonds. The number of esters is 1. The van der Waals surface area contributed by atoms with Gasteiger partial charge in [0, 0.05) is 0 Å². The quantitative estimate of drug-likeness (QED) is 0.528. The molecule has 0 saturated heterocycles. The van der Waals surface area contributed by atoms with Gasteiger partial charge < -0.3 is 19.7 Å². The van der Waals surface area contributed by atoms with Crippen molar-refractivity contribution in [3.05, 3.63) is 35.4 Å². The smallest absolute Gasteiger partial charge is 0.311 e. The van der Waals surface area contributed by atoms with Gasteiger partial charge in [-0.15, -0.1) is 0 Å². The number of carbonyl (C=O) groups is 3. The molecule has 0 bridgehead atoms. The summed E-state index contributed by atoms with van der Waals surface area (Å²) in [6, 6.07) is 7.08. The van der Waals surface area contributed by atoms with E-state index in [-0.39, 0.29) is 25.6 Å². The summed E-state index contributed by atoms with van der Waals surface area (Å²) < 4.78 is 11.0. The average Bonchev–Trinajstić information content (AvgIpc) is 2.63. The first-order valence-corrected chi connectivity index (χ1v) is 9.01. The topological polar surface area (TPSA) is 110 Å². The number of ether oxygens (including phenoxy) is 2. The van der Waals surface area contributed by atoms with Crippen LogP contribution in [0.2, 0.25) is 0 Å². The maximum Gasteiger partial charge on any atom is 0.311 e. The van der Waals surface area contributed by atoms with E-state index in [9.17, 15) is 24.6 Å². The lowest BCUT2D eigenvalue weighted by Gasteiger charge is -2.35. The lowest BCUT2D eigenvalue weighted by atomic mass is 9.74. The lowest BCUT2D eigenvalue weighted by Crippen LogP contribution is -2.41. The summed E-state index contributed by atoms with van der Waals surface area (Å²) in [4.78, 5) is 35.4. The van der Waals surface area contributed by atoms with E-state index >= 15 is 0 Å². The van der Waals surface area contributed by atoms with E-state index in [0.717, 1.165) is 5.56 Å². The van der Waals surface area contributed by atoms with Gasteiger partial charge in [0.1, 0.15) is 12.5 Å². The zero-order valence-electron chi connectivity index (χ0n) is 15.8. The fourth-order valence-electron chi connectivity index (χ4n) is 3.15. The Labute approximate surface area is 158 Å². The van der Waals surface area contributed by atoms with Gasteiger partial charge in [-0.1, -0.05) is 31.2 Å². The third-order valence-electron chi connectivity index (χ3n) is 5.21. The predicted octanol–water partition coefficient (Wildman–Crippen LogP) is 2.68. The van der Waals surface area contributed by atoms with Crippen LogP contribution in [0.5, 0.6) is 0 Å². The van der Waals surface area contributed by atoms with E-state index in [0.29, 0.717) is 12.0 Å². The molecule has 2 rings (SSSR count). The summed E-state index contributed by atoms with van der Waals surface area (Å²) in [6.45, 7) is 5.42. The Hall–Kier alpha value is -2.41. The molecule has 0 heterocycles. The van der Waals surface area contributed by atoms with E-state index in [1.807, 2.05) is 6.92 Å². The largest absolute Gasteiger partial charge is 0.481 e. The Bertz CT molecular complexity index is 710. The number of carboxylic acid groups (broad SMARTS) is 2. The number of benzene rings is 1. The van der Waals surface area contributed by atoms with Gasteiger partial charge >= 0.3 is 17.9 Å². The molecule has 0 aromatic heterocycles. The first-order valence-electron chi connectivity index (χ1n) is 9.01. The third kappa shape index (κ3) is 4.66. The molecule has 0 saturated carbocycles. The lowest BCUT2D eigenvalue weighted by molar-refractivity contribution is -0.165. The van der Waals surface area contributed by atoms with Crippen molar-refractivity contribution in [1.29, 1.82) is 0 Å². The Balaban J connectivity index is 2.13. The van der Waals surface area contributed by atoms with Crippen LogP contribution >= 0.6 is 0 Å². The van der Waals surface area contributed by atoms with Crippen molar-refractivity contribution in [1.82, 2.24) is 0 Å². The Morgan fingerprint density at radius 3 is 2.37 bits per heavy atom. The van der Waals surface area contributed by atoms with Crippen LogP contribution in [0.25, 0.3) is 0 Å². The van der Waals surface area contributed by atoms with Gasteiger partial charge in [0.05, 0.1) is 24.0 Å². The molecule has 7 heteroatoms. The number of fused-ring (bicyclic) bond motifs is 1. The maximum atomic E-state index is 12.0. The standard InChI is InChI=1S/C20H26O7/c1-4-20(2,3)19(25)27-10-9-26-16-13-8-6-5-7-12(13)11-14(17(21)22)15(16)18(23)24/h5-8,14-16H,4,9-11H2,1-3H3,(H,21,22)(H,23,24). The number of aliphatic carboxylic acids is 2. The van der Waals surface area contributed by atoms with Crippen LogP contribution in [0.1, 0.15) is 44.4 Å². The molecule has 0 spiro atoms. The normalized spacial score (nSPS) is 22.0. The number of carboxylic acids is 2. The zero-order valence-corrected chi connectivity index (χ0v) is 15.8. The Kier molecular flexibility index (Phi) is 6.59. The van der Waals surface area contributed by atoms with Crippen molar-refractivity contribution in [2.75, 3.05) is 13.2 Å². The summed E-state index contributed by atoms with van der Waals surface area (Å²) in [5.74, 6) is -5.02. The number of hydrogen-bond acceptors (Lipinski definition) is 5. The SMILES string of the molecule is CCC(C)(C)C(=O)OCCOC1c2ccccc2CC(C(=O)O)C1C(=O)O. The molecule has 0 fully saturated rings. The number of hydrogen-bond donors (Lipinski definition) is 2. The van der Waals surface area contributed by atoms with Gasteiger partial charge in [-0.3, -0.25) is 14.4 Å². The predicted molar refractivity (Wildman–Crippen MR) is 96.1 cm³/mol. The summed E-state index contributed by atoms with van der Waals surface area (Å²) in [5.41, 5.74) is 0.828. The third-order valence-corrected chi connectivity index (χ3v) is 5.21. The molecule has 7 nitrogen and oxygen atoms in total. The van der Waals surface area contributed by atoms with E-state index in [2.05, 4.69) is 0 Å². The molecule has 148 valence electrons. The minimum atomic E-state index is -1.22. The molecule has 3 unspecified atom stereocenters. The van der Waals surface area contributed by atoms with Crippen LogP contribution in [0, 0.1) is 17.3 Å². The summed E-state index contributed by atoms with van der Waals surface area (Å²) in [7, 11) is 0. The molecule has 1 aromatic rings. The maximum absolute atomic E-state index is 12.0. The zero-order chi connectivity index (χ0) is 20.2. The first-order chi connectivity index (χ1) is 12.7. The second kappa shape index (κ2) is 8.52. The van der Waals surface area contributed by atoms with Crippen molar-refractivity contribution >= 4 is 17.9 Å². The highest BCUT2D eigenvalue weighted by Crippen LogP contribution is 2.41. The van der Waals surface area contributed by atoms with Crippen molar-refractivity contribution in [3.63, 3.8) is 0 Å². The van der Waals surface area contributed by atoms with Gasteiger partial charge in [-0.25, -0.2) is 0 Å². The highest BCUT2D eigenvalue weighted by Gasteiger charge is 2.45. The van der Waals surface area contributed by atoms with Crippen molar-refractivity contribution in [2.45, 2.75) is 39.7 Å². The number of carbonyl (C=O) groups excluding carboxylic acids is 1. The van der Waals surface area contributed by atoms with Crippen molar-refractivity contribution < 1.29 is 34.1 Å². The van der Waals surface area contributed by atoms with Crippen LogP contribution in [0.15, 0.2) is 24.3 Å². The molecule has 0 radical (unpaired) electrons. The fourth-order valence-corrected chi connectivity index (χ4v) is 3.15. The van der Waals surface area contributed by atoms with Crippen molar-refractivity contribution in [3.8, 4) is 0 Å². The van der Waals surface area contributed by atoms with Gasteiger partial charge in [-0.2, -0.15) is 0 Å². The van der Waals surface area contributed by atoms with Gasteiger partial charge in [-0.05, 0) is 37.8 Å². The minimum absolute atomic E-state index is 0.0132. The molecule has 1 aliphatic carbocycles. The highest BCUT2D eigenvalue weighted by molar-refractivity contribution is 5.82. The first kappa shape index (κ1) is 20.9. The molecule has 0 aliphatic heterocycles. The molecule has 2 N–H and O–H groups in total. The van der Waals surface area contributed by atoms with Crippen LogP contribution < -0.4 is 0 Å². The molecule has 1 aliphatic rings.